The number of furan rings is 1. The monoisotopic (exact) mass is 396 g/mol. The fourth-order valence-corrected chi connectivity index (χ4v) is 4.18. The van der Waals surface area contributed by atoms with E-state index in [-0.39, 0.29) is 11.9 Å². The molecule has 0 saturated carbocycles. The molecule has 1 amide bonds. The number of fused-ring (bicyclic) bond motifs is 1. The van der Waals surface area contributed by atoms with Gasteiger partial charge in [-0.3, -0.25) is 4.79 Å². The summed E-state index contributed by atoms with van der Waals surface area (Å²) in [6, 6.07) is 3.93. The van der Waals surface area contributed by atoms with Gasteiger partial charge in [-0.25, -0.2) is 4.98 Å². The molecule has 0 aromatic carbocycles. The SMILES string of the molecule is CCCN1CCC(NC(=O)c2cc(-c3cc(C)oc3C)nc3onc(C)c23)CC1. The summed E-state index contributed by atoms with van der Waals surface area (Å²) in [4.78, 5) is 20.3. The number of carbonyl (C=O) groups is 1. The molecule has 3 aromatic heterocycles. The molecule has 4 heterocycles. The highest BCUT2D eigenvalue weighted by Crippen LogP contribution is 2.30. The molecule has 1 aliphatic rings. The van der Waals surface area contributed by atoms with Crippen LogP contribution in [0.3, 0.4) is 0 Å². The standard InChI is InChI=1S/C22H28N4O3/c1-5-8-26-9-6-16(7-10-26)23-21(27)18-12-19(17-11-13(2)28-15(17)4)24-22-20(18)14(3)25-29-22/h11-12,16H,5-10H2,1-4H3,(H,23,27). The smallest absolute Gasteiger partial charge is 0.259 e. The van der Waals surface area contributed by atoms with Gasteiger partial charge < -0.3 is 19.2 Å². The zero-order valence-corrected chi connectivity index (χ0v) is 17.5. The zero-order valence-electron chi connectivity index (χ0n) is 17.5. The first-order valence-corrected chi connectivity index (χ1v) is 10.3. The molecule has 1 aliphatic heterocycles. The first kappa shape index (κ1) is 19.6. The first-order valence-electron chi connectivity index (χ1n) is 10.3. The number of piperidine rings is 1. The highest BCUT2D eigenvalue weighted by Gasteiger charge is 2.24. The Labute approximate surface area is 170 Å². The van der Waals surface area contributed by atoms with Crippen molar-refractivity contribution in [2.24, 2.45) is 0 Å². The van der Waals surface area contributed by atoms with E-state index in [1.165, 1.54) is 0 Å². The maximum absolute atomic E-state index is 13.2. The summed E-state index contributed by atoms with van der Waals surface area (Å²) in [6.07, 6.45) is 3.10. The fourth-order valence-electron chi connectivity index (χ4n) is 4.18. The number of hydrogen-bond acceptors (Lipinski definition) is 6. The molecule has 0 spiro atoms. The van der Waals surface area contributed by atoms with Gasteiger partial charge in [0.15, 0.2) is 0 Å². The summed E-state index contributed by atoms with van der Waals surface area (Å²) >= 11 is 0. The van der Waals surface area contributed by atoms with Crippen LogP contribution in [0.2, 0.25) is 0 Å². The van der Waals surface area contributed by atoms with E-state index in [9.17, 15) is 4.79 Å². The lowest BCUT2D eigenvalue weighted by Gasteiger charge is -2.32. The highest BCUT2D eigenvalue weighted by atomic mass is 16.5. The van der Waals surface area contributed by atoms with Crippen molar-refractivity contribution in [3.05, 3.63) is 34.9 Å². The molecule has 0 unspecified atom stereocenters. The Morgan fingerprint density at radius 2 is 2.00 bits per heavy atom. The topological polar surface area (TPSA) is 84.4 Å². The lowest BCUT2D eigenvalue weighted by Crippen LogP contribution is -2.44. The van der Waals surface area contributed by atoms with Crippen molar-refractivity contribution < 1.29 is 13.7 Å². The zero-order chi connectivity index (χ0) is 20.5. The van der Waals surface area contributed by atoms with Crippen molar-refractivity contribution in [1.82, 2.24) is 20.4 Å². The number of likely N-dealkylation sites (tertiary alicyclic amines) is 1. The Balaban J connectivity index is 1.63. The Morgan fingerprint density at radius 3 is 2.66 bits per heavy atom. The first-order chi connectivity index (χ1) is 14.0. The number of pyridine rings is 1. The quantitative estimate of drug-likeness (QED) is 0.701. The van der Waals surface area contributed by atoms with Gasteiger partial charge in [-0.15, -0.1) is 0 Å². The Morgan fingerprint density at radius 1 is 1.24 bits per heavy atom. The Hall–Kier alpha value is -2.67. The van der Waals surface area contributed by atoms with Crippen molar-refractivity contribution in [1.29, 1.82) is 0 Å². The van der Waals surface area contributed by atoms with Gasteiger partial charge in [-0.05, 0) is 58.7 Å². The second-order valence-corrected chi connectivity index (χ2v) is 7.92. The van der Waals surface area contributed by atoms with Crippen LogP contribution in [-0.2, 0) is 0 Å². The van der Waals surface area contributed by atoms with Gasteiger partial charge in [0.25, 0.3) is 11.6 Å². The summed E-state index contributed by atoms with van der Waals surface area (Å²) in [5, 5.41) is 7.92. The molecule has 0 bridgehead atoms. The van der Waals surface area contributed by atoms with Gasteiger partial charge in [0.1, 0.15) is 11.5 Å². The molecular formula is C22H28N4O3. The number of carbonyl (C=O) groups excluding carboxylic acids is 1. The van der Waals surface area contributed by atoms with Crippen molar-refractivity contribution in [3.8, 4) is 11.3 Å². The molecule has 7 heteroatoms. The van der Waals surface area contributed by atoms with Gasteiger partial charge in [-0.2, -0.15) is 0 Å². The van der Waals surface area contributed by atoms with Gasteiger partial charge >= 0.3 is 0 Å². The van der Waals surface area contributed by atoms with Crippen molar-refractivity contribution in [2.75, 3.05) is 19.6 Å². The Kier molecular flexibility index (Phi) is 5.41. The van der Waals surface area contributed by atoms with E-state index < -0.39 is 0 Å². The lowest BCUT2D eigenvalue weighted by atomic mass is 10.0. The second-order valence-electron chi connectivity index (χ2n) is 7.92. The van der Waals surface area contributed by atoms with Crippen LogP contribution in [0.5, 0.6) is 0 Å². The predicted molar refractivity (Wildman–Crippen MR) is 111 cm³/mol. The van der Waals surface area contributed by atoms with Gasteiger partial charge in [-0.1, -0.05) is 12.1 Å². The number of hydrogen-bond donors (Lipinski definition) is 1. The number of rotatable bonds is 5. The maximum atomic E-state index is 13.2. The molecule has 7 nitrogen and oxygen atoms in total. The molecule has 0 atom stereocenters. The van der Waals surface area contributed by atoms with E-state index in [0.29, 0.717) is 28.1 Å². The third-order valence-corrected chi connectivity index (χ3v) is 5.64. The predicted octanol–water partition coefficient (Wildman–Crippen LogP) is 4.01. The van der Waals surface area contributed by atoms with Crippen molar-refractivity contribution in [3.63, 3.8) is 0 Å². The molecule has 0 aliphatic carbocycles. The third-order valence-electron chi connectivity index (χ3n) is 5.64. The van der Waals surface area contributed by atoms with E-state index in [2.05, 4.69) is 27.3 Å². The minimum atomic E-state index is -0.100. The molecule has 3 aromatic rings. The van der Waals surface area contributed by atoms with E-state index in [1.54, 1.807) is 0 Å². The maximum Gasteiger partial charge on any atom is 0.259 e. The van der Waals surface area contributed by atoms with Crippen molar-refractivity contribution >= 4 is 17.0 Å². The normalized spacial score (nSPS) is 15.9. The summed E-state index contributed by atoms with van der Waals surface area (Å²) < 4.78 is 11.0. The van der Waals surface area contributed by atoms with Crippen LogP contribution in [0.15, 0.2) is 21.1 Å². The minimum Gasteiger partial charge on any atom is -0.466 e. The van der Waals surface area contributed by atoms with E-state index in [4.69, 9.17) is 8.94 Å². The van der Waals surface area contributed by atoms with E-state index in [0.717, 1.165) is 56.0 Å². The summed E-state index contributed by atoms with van der Waals surface area (Å²) in [6.45, 7) is 11.0. The van der Waals surface area contributed by atoms with E-state index in [1.807, 2.05) is 32.9 Å². The molecule has 154 valence electrons. The molecule has 29 heavy (non-hydrogen) atoms. The fraction of sp³-hybridized carbons (Fsp3) is 0.500. The molecule has 1 fully saturated rings. The summed E-state index contributed by atoms with van der Waals surface area (Å²) in [5.41, 5.74) is 3.12. The third kappa shape index (κ3) is 3.92. The summed E-state index contributed by atoms with van der Waals surface area (Å²) in [5.74, 6) is 1.47. The van der Waals surface area contributed by atoms with Crippen LogP contribution >= 0.6 is 0 Å². The number of aryl methyl sites for hydroxylation is 3. The average molecular weight is 396 g/mol. The van der Waals surface area contributed by atoms with E-state index >= 15 is 0 Å². The van der Waals surface area contributed by atoms with Crippen LogP contribution < -0.4 is 5.32 Å². The number of nitrogens with zero attached hydrogens (tertiary/aromatic N) is 3. The molecule has 4 rings (SSSR count). The van der Waals surface area contributed by atoms with Crippen LogP contribution in [0.1, 0.15) is 53.8 Å². The van der Waals surface area contributed by atoms with Crippen LogP contribution in [0.4, 0.5) is 0 Å². The summed E-state index contributed by atoms with van der Waals surface area (Å²) in [7, 11) is 0. The largest absolute Gasteiger partial charge is 0.466 e. The van der Waals surface area contributed by atoms with Crippen LogP contribution in [0, 0.1) is 20.8 Å². The molecule has 1 N–H and O–H groups in total. The average Bonchev–Trinajstić information content (AvgIpc) is 3.24. The van der Waals surface area contributed by atoms with Crippen LogP contribution in [-0.4, -0.2) is 46.6 Å². The molecule has 0 radical (unpaired) electrons. The Bertz CT molecular complexity index is 1030. The minimum absolute atomic E-state index is 0.100. The number of nitrogens with one attached hydrogen (secondary N) is 1. The number of amides is 1. The second kappa shape index (κ2) is 7.99. The lowest BCUT2D eigenvalue weighted by molar-refractivity contribution is 0.0912. The van der Waals surface area contributed by atoms with Gasteiger partial charge in [0.05, 0.1) is 22.3 Å². The van der Waals surface area contributed by atoms with Crippen molar-refractivity contribution in [2.45, 2.75) is 53.0 Å². The van der Waals surface area contributed by atoms with Gasteiger partial charge in [0, 0.05) is 24.7 Å². The number of aromatic nitrogens is 2. The highest BCUT2D eigenvalue weighted by molar-refractivity contribution is 6.07. The molecular weight excluding hydrogens is 368 g/mol. The van der Waals surface area contributed by atoms with Gasteiger partial charge in [0.2, 0.25) is 0 Å². The van der Waals surface area contributed by atoms with Crippen LogP contribution in [0.25, 0.3) is 22.4 Å². The molecule has 1 saturated heterocycles.